The molecule has 1 rings (SSSR count). The highest BCUT2D eigenvalue weighted by Crippen LogP contribution is 2.31. The van der Waals surface area contributed by atoms with Crippen LogP contribution in [0.5, 0.6) is 11.5 Å². The predicted molar refractivity (Wildman–Crippen MR) is 84.3 cm³/mol. The van der Waals surface area contributed by atoms with E-state index in [1.807, 2.05) is 25.1 Å². The van der Waals surface area contributed by atoms with Crippen LogP contribution in [-0.2, 0) is 9.59 Å². The molecule has 0 spiro atoms. The zero-order valence-corrected chi connectivity index (χ0v) is 13.3. The third-order valence-electron chi connectivity index (χ3n) is 3.37. The van der Waals surface area contributed by atoms with Crippen LogP contribution in [0.2, 0.25) is 0 Å². The Bertz CT molecular complexity index is 491. The van der Waals surface area contributed by atoms with Gasteiger partial charge >= 0.3 is 0 Å². The molecule has 0 heterocycles. The maximum Gasteiger partial charge on any atom is 0.220 e. The van der Waals surface area contributed by atoms with Crippen LogP contribution in [-0.4, -0.2) is 39.6 Å². The van der Waals surface area contributed by atoms with E-state index in [1.54, 1.807) is 14.2 Å². The van der Waals surface area contributed by atoms with Crippen molar-refractivity contribution in [2.45, 2.75) is 25.7 Å². The van der Waals surface area contributed by atoms with E-state index in [2.05, 4.69) is 10.6 Å². The van der Waals surface area contributed by atoms with E-state index in [9.17, 15) is 9.59 Å². The summed E-state index contributed by atoms with van der Waals surface area (Å²) in [5.41, 5.74) is 0.973. The van der Waals surface area contributed by atoms with Gasteiger partial charge in [-0.3, -0.25) is 9.59 Å². The van der Waals surface area contributed by atoms with Gasteiger partial charge in [0.05, 0.1) is 14.2 Å². The predicted octanol–water partition coefficient (Wildman–Crippen LogP) is 1.45. The van der Waals surface area contributed by atoms with Gasteiger partial charge in [0, 0.05) is 25.6 Å². The van der Waals surface area contributed by atoms with Crippen LogP contribution in [0.25, 0.3) is 0 Å². The summed E-state index contributed by atoms with van der Waals surface area (Å²) in [6, 6.07) is 5.59. The van der Waals surface area contributed by atoms with Crippen molar-refractivity contribution in [2.75, 3.05) is 27.3 Å². The summed E-state index contributed by atoms with van der Waals surface area (Å²) in [6.45, 7) is 3.09. The fourth-order valence-corrected chi connectivity index (χ4v) is 2.16. The van der Waals surface area contributed by atoms with Gasteiger partial charge in [0.15, 0.2) is 0 Å². The number of carbonyl (C=O) groups excluding carboxylic acids is 2. The lowest BCUT2D eigenvalue weighted by Gasteiger charge is -2.16. The van der Waals surface area contributed by atoms with Crippen LogP contribution in [0.1, 0.15) is 31.2 Å². The van der Waals surface area contributed by atoms with Crippen LogP contribution < -0.4 is 20.1 Å². The number of hydrogen-bond acceptors (Lipinski definition) is 4. The molecule has 22 heavy (non-hydrogen) atoms. The Kier molecular flexibility index (Phi) is 7.81. The van der Waals surface area contributed by atoms with Crippen molar-refractivity contribution in [1.29, 1.82) is 0 Å². The fraction of sp³-hybridized carbons (Fsp3) is 0.500. The molecule has 2 N–H and O–H groups in total. The molecule has 0 bridgehead atoms. The molecule has 6 heteroatoms. The minimum atomic E-state index is -0.0172. The summed E-state index contributed by atoms with van der Waals surface area (Å²) in [4.78, 5) is 22.0. The zero-order chi connectivity index (χ0) is 16.4. The number of hydrogen-bond donors (Lipinski definition) is 2. The van der Waals surface area contributed by atoms with Gasteiger partial charge in [-0.25, -0.2) is 0 Å². The minimum Gasteiger partial charge on any atom is -0.497 e. The van der Waals surface area contributed by atoms with E-state index in [0.717, 1.165) is 17.1 Å². The normalized spacial score (nSPS) is 11.4. The van der Waals surface area contributed by atoms with E-state index in [1.165, 1.54) is 0 Å². The minimum absolute atomic E-state index is 0.0172. The van der Waals surface area contributed by atoms with Crippen molar-refractivity contribution in [1.82, 2.24) is 10.6 Å². The molecule has 0 radical (unpaired) electrons. The van der Waals surface area contributed by atoms with Gasteiger partial charge in [0.1, 0.15) is 11.5 Å². The first-order valence-electron chi connectivity index (χ1n) is 7.28. The van der Waals surface area contributed by atoms with Crippen LogP contribution in [0.4, 0.5) is 0 Å². The third-order valence-corrected chi connectivity index (χ3v) is 3.37. The molecule has 1 aromatic rings. The second kappa shape index (κ2) is 9.65. The first-order valence-corrected chi connectivity index (χ1v) is 7.28. The number of nitrogens with one attached hydrogen (secondary N) is 2. The van der Waals surface area contributed by atoms with E-state index in [4.69, 9.17) is 9.47 Å². The number of ether oxygens (including phenoxy) is 2. The highest BCUT2D eigenvalue weighted by Gasteiger charge is 2.15. The summed E-state index contributed by atoms with van der Waals surface area (Å²) in [5, 5.41) is 5.40. The second-order valence-electron chi connectivity index (χ2n) is 4.99. The average molecular weight is 308 g/mol. The van der Waals surface area contributed by atoms with Gasteiger partial charge in [0.2, 0.25) is 12.3 Å². The SMILES string of the molecule is COc1ccc(C(C)CC(=O)NCCCNC=O)c(OC)c1. The standard InChI is InChI=1S/C16H24N2O4/c1-12(9-16(20)18-8-4-7-17-11-19)14-6-5-13(21-2)10-15(14)22-3/h5-6,10-12H,4,7-9H2,1-3H3,(H,17,19)(H,18,20). The fourth-order valence-electron chi connectivity index (χ4n) is 2.16. The lowest BCUT2D eigenvalue weighted by molar-refractivity contribution is -0.121. The molecule has 2 amide bonds. The molecule has 0 aliphatic carbocycles. The van der Waals surface area contributed by atoms with Gasteiger partial charge in [-0.1, -0.05) is 13.0 Å². The van der Waals surface area contributed by atoms with Gasteiger partial charge < -0.3 is 20.1 Å². The highest BCUT2D eigenvalue weighted by molar-refractivity contribution is 5.77. The van der Waals surface area contributed by atoms with Crippen LogP contribution in [0, 0.1) is 0 Å². The molecule has 0 fully saturated rings. The Balaban J connectivity index is 2.52. The Morgan fingerprint density at radius 3 is 2.68 bits per heavy atom. The van der Waals surface area contributed by atoms with Crippen molar-refractivity contribution in [3.8, 4) is 11.5 Å². The second-order valence-corrected chi connectivity index (χ2v) is 4.99. The van der Waals surface area contributed by atoms with Gasteiger partial charge in [-0.2, -0.15) is 0 Å². The van der Waals surface area contributed by atoms with Crippen molar-refractivity contribution in [3.63, 3.8) is 0 Å². The molecule has 0 aliphatic rings. The smallest absolute Gasteiger partial charge is 0.220 e. The molecule has 6 nitrogen and oxygen atoms in total. The lowest BCUT2D eigenvalue weighted by Crippen LogP contribution is -2.27. The van der Waals surface area contributed by atoms with Crippen LogP contribution in [0.15, 0.2) is 18.2 Å². The summed E-state index contributed by atoms with van der Waals surface area (Å²) < 4.78 is 10.5. The topological polar surface area (TPSA) is 76.7 Å². The molecule has 0 aliphatic heterocycles. The maximum absolute atomic E-state index is 11.9. The Morgan fingerprint density at radius 1 is 1.27 bits per heavy atom. The summed E-state index contributed by atoms with van der Waals surface area (Å²) >= 11 is 0. The average Bonchev–Trinajstić information content (AvgIpc) is 2.53. The molecular formula is C16H24N2O4. The molecular weight excluding hydrogens is 284 g/mol. The quantitative estimate of drug-likeness (QED) is 0.507. The van der Waals surface area contributed by atoms with E-state index >= 15 is 0 Å². The van der Waals surface area contributed by atoms with E-state index in [-0.39, 0.29) is 11.8 Å². The summed E-state index contributed by atoms with van der Waals surface area (Å²) in [7, 11) is 3.20. The molecule has 0 aromatic heterocycles. The van der Waals surface area contributed by atoms with E-state index < -0.39 is 0 Å². The first-order chi connectivity index (χ1) is 10.6. The largest absolute Gasteiger partial charge is 0.497 e. The Morgan fingerprint density at radius 2 is 2.05 bits per heavy atom. The molecule has 0 saturated heterocycles. The van der Waals surface area contributed by atoms with Gasteiger partial charge in [-0.15, -0.1) is 0 Å². The first kappa shape index (κ1) is 17.8. The van der Waals surface area contributed by atoms with Crippen molar-refractivity contribution in [2.24, 2.45) is 0 Å². The van der Waals surface area contributed by atoms with E-state index in [0.29, 0.717) is 32.3 Å². The molecule has 1 atom stereocenters. The monoisotopic (exact) mass is 308 g/mol. The molecule has 1 aromatic carbocycles. The van der Waals surface area contributed by atoms with Crippen molar-refractivity contribution in [3.05, 3.63) is 23.8 Å². The summed E-state index contributed by atoms with van der Waals surface area (Å²) in [6.07, 6.45) is 1.74. The maximum atomic E-state index is 11.9. The Hall–Kier alpha value is -2.24. The molecule has 122 valence electrons. The molecule has 1 unspecified atom stereocenters. The van der Waals surface area contributed by atoms with Gasteiger partial charge in [-0.05, 0) is 24.0 Å². The van der Waals surface area contributed by atoms with Crippen LogP contribution >= 0.6 is 0 Å². The lowest BCUT2D eigenvalue weighted by atomic mass is 9.96. The third kappa shape index (κ3) is 5.63. The molecule has 0 saturated carbocycles. The number of carbonyl (C=O) groups is 2. The number of rotatable bonds is 10. The Labute approximate surface area is 131 Å². The van der Waals surface area contributed by atoms with Crippen molar-refractivity contribution >= 4 is 12.3 Å². The highest BCUT2D eigenvalue weighted by atomic mass is 16.5. The number of amides is 2. The number of benzene rings is 1. The summed E-state index contributed by atoms with van der Waals surface area (Å²) in [5.74, 6) is 1.46. The number of methoxy groups -OCH3 is 2. The van der Waals surface area contributed by atoms with Crippen LogP contribution in [0.3, 0.4) is 0 Å². The van der Waals surface area contributed by atoms with Crippen molar-refractivity contribution < 1.29 is 19.1 Å². The zero-order valence-electron chi connectivity index (χ0n) is 13.3. The van der Waals surface area contributed by atoms with Gasteiger partial charge in [0.25, 0.3) is 0 Å².